The number of aryl methyl sites for hydroxylation is 1. The fraction of sp³-hybridized carbons (Fsp3) is 0.167. The number of hydrogen-bond acceptors (Lipinski definition) is 1. The molecule has 106 valence electrons. The lowest BCUT2D eigenvalue weighted by atomic mass is 10.0. The van der Waals surface area contributed by atoms with E-state index in [1.807, 2.05) is 42.6 Å². The Labute approximate surface area is 132 Å². The molecule has 0 aliphatic carbocycles. The van der Waals surface area contributed by atoms with Crippen LogP contribution in [0, 0.1) is 0 Å². The van der Waals surface area contributed by atoms with Gasteiger partial charge in [0.05, 0.1) is 5.52 Å². The minimum atomic E-state index is 0.0871. The number of aromatic amines is 1. The quantitative estimate of drug-likeness (QED) is 0.721. The van der Waals surface area contributed by atoms with E-state index in [1.54, 1.807) is 0 Å². The second-order valence-corrected chi connectivity index (χ2v) is 6.04. The average molecular weight is 342 g/mol. The molecule has 21 heavy (non-hydrogen) atoms. The van der Waals surface area contributed by atoms with Crippen LogP contribution < -0.4 is 5.43 Å². The molecule has 0 spiro atoms. The molecule has 0 aliphatic rings. The van der Waals surface area contributed by atoms with Crippen LogP contribution >= 0.6 is 15.9 Å². The summed E-state index contributed by atoms with van der Waals surface area (Å²) in [6.45, 7) is 2.15. The van der Waals surface area contributed by atoms with Gasteiger partial charge in [-0.25, -0.2) is 0 Å². The zero-order valence-corrected chi connectivity index (χ0v) is 13.4. The number of fused-ring (bicyclic) bond motifs is 1. The molecule has 0 saturated carbocycles. The lowest BCUT2D eigenvalue weighted by Crippen LogP contribution is -2.07. The first-order valence-electron chi connectivity index (χ1n) is 7.10. The number of benzene rings is 2. The van der Waals surface area contributed by atoms with Gasteiger partial charge in [0.2, 0.25) is 0 Å². The predicted octanol–water partition coefficient (Wildman–Crippen LogP) is 4.91. The van der Waals surface area contributed by atoms with Crippen molar-refractivity contribution in [1.82, 2.24) is 4.98 Å². The van der Waals surface area contributed by atoms with Crippen LogP contribution in [0.3, 0.4) is 0 Å². The van der Waals surface area contributed by atoms with E-state index in [4.69, 9.17) is 0 Å². The molecule has 2 aromatic carbocycles. The van der Waals surface area contributed by atoms with Gasteiger partial charge >= 0.3 is 0 Å². The Kier molecular flexibility index (Phi) is 3.93. The summed E-state index contributed by atoms with van der Waals surface area (Å²) in [7, 11) is 0. The van der Waals surface area contributed by atoms with Gasteiger partial charge in [-0.05, 0) is 35.7 Å². The van der Waals surface area contributed by atoms with Crippen molar-refractivity contribution in [3.05, 3.63) is 68.9 Å². The average Bonchev–Trinajstić information content (AvgIpc) is 2.50. The molecule has 0 bridgehead atoms. The van der Waals surface area contributed by atoms with Gasteiger partial charge < -0.3 is 4.98 Å². The zero-order chi connectivity index (χ0) is 14.8. The van der Waals surface area contributed by atoms with Gasteiger partial charge in [0.15, 0.2) is 5.43 Å². The van der Waals surface area contributed by atoms with E-state index in [2.05, 4.69) is 33.9 Å². The number of halogens is 1. The maximum atomic E-state index is 12.7. The van der Waals surface area contributed by atoms with Crippen molar-refractivity contribution < 1.29 is 0 Å². The second kappa shape index (κ2) is 5.86. The molecule has 0 unspecified atom stereocenters. The van der Waals surface area contributed by atoms with Crippen molar-refractivity contribution in [2.24, 2.45) is 0 Å². The summed E-state index contributed by atoms with van der Waals surface area (Å²) in [5.41, 5.74) is 3.90. The highest BCUT2D eigenvalue weighted by atomic mass is 79.9. The molecule has 0 atom stereocenters. The van der Waals surface area contributed by atoms with E-state index in [1.165, 1.54) is 5.56 Å². The molecule has 0 radical (unpaired) electrons. The van der Waals surface area contributed by atoms with Crippen LogP contribution in [-0.2, 0) is 6.42 Å². The number of H-pyrrole nitrogens is 1. The Balaban J connectivity index is 2.21. The number of rotatable bonds is 3. The van der Waals surface area contributed by atoms with Gasteiger partial charge in [-0.1, -0.05) is 53.5 Å². The van der Waals surface area contributed by atoms with Crippen molar-refractivity contribution in [3.8, 4) is 11.1 Å². The number of aromatic nitrogens is 1. The fourth-order valence-corrected chi connectivity index (χ4v) is 2.90. The third-order valence-corrected chi connectivity index (χ3v) is 4.20. The van der Waals surface area contributed by atoms with Crippen LogP contribution in [0.5, 0.6) is 0 Å². The summed E-state index contributed by atoms with van der Waals surface area (Å²) in [6.07, 6.45) is 3.87. The topological polar surface area (TPSA) is 32.9 Å². The minimum absolute atomic E-state index is 0.0871. The summed E-state index contributed by atoms with van der Waals surface area (Å²) < 4.78 is 1.01. The van der Waals surface area contributed by atoms with Gasteiger partial charge in [-0.15, -0.1) is 0 Å². The maximum absolute atomic E-state index is 12.7. The van der Waals surface area contributed by atoms with Crippen LogP contribution in [-0.4, -0.2) is 4.98 Å². The van der Waals surface area contributed by atoms with E-state index in [9.17, 15) is 4.79 Å². The van der Waals surface area contributed by atoms with Crippen molar-refractivity contribution >= 4 is 26.8 Å². The molecule has 0 saturated heterocycles. The molecule has 3 rings (SSSR count). The summed E-state index contributed by atoms with van der Waals surface area (Å²) in [5, 5.41) is 0.765. The van der Waals surface area contributed by atoms with Crippen molar-refractivity contribution in [3.63, 3.8) is 0 Å². The van der Waals surface area contributed by atoms with E-state index in [-0.39, 0.29) is 5.43 Å². The van der Waals surface area contributed by atoms with Crippen LogP contribution in [0.4, 0.5) is 0 Å². The lowest BCUT2D eigenvalue weighted by Gasteiger charge is -2.08. The molecule has 1 aromatic heterocycles. The molecule has 0 fully saturated rings. The monoisotopic (exact) mass is 341 g/mol. The highest BCUT2D eigenvalue weighted by Crippen LogP contribution is 2.22. The van der Waals surface area contributed by atoms with Crippen molar-refractivity contribution in [1.29, 1.82) is 0 Å². The Morgan fingerprint density at radius 2 is 1.86 bits per heavy atom. The molecule has 1 N–H and O–H groups in total. The Bertz CT molecular complexity index is 834. The minimum Gasteiger partial charge on any atom is -0.360 e. The van der Waals surface area contributed by atoms with E-state index in [0.717, 1.165) is 33.8 Å². The standard InChI is InChI=1S/C18H16BrNO/c1-2-4-13-5-3-6-15-17(13)20-11-16(18(15)21)12-7-9-14(19)10-8-12/h3,5-11H,2,4H2,1H3,(H,20,21). The van der Waals surface area contributed by atoms with Gasteiger partial charge in [-0.3, -0.25) is 4.79 Å². The van der Waals surface area contributed by atoms with E-state index < -0.39 is 0 Å². The van der Waals surface area contributed by atoms with E-state index in [0.29, 0.717) is 5.56 Å². The summed E-state index contributed by atoms with van der Waals surface area (Å²) in [4.78, 5) is 16.1. The Hall–Kier alpha value is -1.87. The molecule has 0 aliphatic heterocycles. The fourth-order valence-electron chi connectivity index (χ4n) is 2.64. The molecular weight excluding hydrogens is 326 g/mol. The Morgan fingerprint density at radius 1 is 1.10 bits per heavy atom. The first-order chi connectivity index (χ1) is 10.2. The van der Waals surface area contributed by atoms with Crippen LogP contribution in [0.15, 0.2) is 57.9 Å². The highest BCUT2D eigenvalue weighted by Gasteiger charge is 2.09. The largest absolute Gasteiger partial charge is 0.360 e. The summed E-state index contributed by atoms with van der Waals surface area (Å²) in [6, 6.07) is 13.8. The third-order valence-electron chi connectivity index (χ3n) is 3.68. The lowest BCUT2D eigenvalue weighted by molar-refractivity contribution is 0.926. The number of pyridine rings is 1. The number of para-hydroxylation sites is 1. The number of nitrogens with one attached hydrogen (secondary N) is 1. The molecule has 3 heteroatoms. The van der Waals surface area contributed by atoms with Gasteiger partial charge in [0.25, 0.3) is 0 Å². The molecule has 1 heterocycles. The molecule has 3 aromatic rings. The smallest absolute Gasteiger partial charge is 0.197 e. The van der Waals surface area contributed by atoms with Crippen LogP contribution in [0.2, 0.25) is 0 Å². The van der Waals surface area contributed by atoms with E-state index >= 15 is 0 Å². The van der Waals surface area contributed by atoms with Crippen LogP contribution in [0.1, 0.15) is 18.9 Å². The maximum Gasteiger partial charge on any atom is 0.197 e. The summed E-state index contributed by atoms with van der Waals surface area (Å²) >= 11 is 3.42. The van der Waals surface area contributed by atoms with Gasteiger partial charge in [-0.2, -0.15) is 0 Å². The molecular formula is C18H16BrNO. The first kappa shape index (κ1) is 14.1. The highest BCUT2D eigenvalue weighted by molar-refractivity contribution is 9.10. The number of hydrogen-bond donors (Lipinski definition) is 1. The van der Waals surface area contributed by atoms with Gasteiger partial charge in [0.1, 0.15) is 0 Å². The predicted molar refractivity (Wildman–Crippen MR) is 91.7 cm³/mol. The van der Waals surface area contributed by atoms with Crippen LogP contribution in [0.25, 0.3) is 22.0 Å². The zero-order valence-electron chi connectivity index (χ0n) is 11.8. The van der Waals surface area contributed by atoms with Gasteiger partial charge in [0, 0.05) is 21.6 Å². The normalized spacial score (nSPS) is 11.0. The second-order valence-electron chi connectivity index (χ2n) is 5.13. The summed E-state index contributed by atoms with van der Waals surface area (Å²) in [5.74, 6) is 0. The van der Waals surface area contributed by atoms with Crippen molar-refractivity contribution in [2.45, 2.75) is 19.8 Å². The SMILES string of the molecule is CCCc1cccc2c(=O)c(-c3ccc(Br)cc3)c[nH]c12. The Morgan fingerprint density at radius 3 is 2.57 bits per heavy atom. The first-order valence-corrected chi connectivity index (χ1v) is 7.89. The third kappa shape index (κ3) is 2.66. The molecule has 2 nitrogen and oxygen atoms in total. The van der Waals surface area contributed by atoms with Crippen molar-refractivity contribution in [2.75, 3.05) is 0 Å². The molecule has 0 amide bonds.